The molecule has 3 atom stereocenters. The van der Waals surface area contributed by atoms with Gasteiger partial charge in [0, 0.05) is 25.1 Å². The van der Waals surface area contributed by atoms with Crippen molar-refractivity contribution in [2.45, 2.75) is 70.4 Å². The Morgan fingerprint density at radius 3 is 2.75 bits per heavy atom. The van der Waals surface area contributed by atoms with Crippen LogP contribution in [-0.4, -0.2) is 47.8 Å². The molecule has 0 bridgehead atoms. The molecule has 1 aliphatic carbocycles. The predicted molar refractivity (Wildman–Crippen MR) is 78.4 cm³/mol. The SMILES string of the molecule is CCCOCCC(=O)N1CCCCC1C1CCCC1O. The van der Waals surface area contributed by atoms with Gasteiger partial charge in [-0.3, -0.25) is 4.79 Å². The summed E-state index contributed by atoms with van der Waals surface area (Å²) in [4.78, 5) is 14.4. The number of aliphatic hydroxyl groups is 1. The Morgan fingerprint density at radius 2 is 2.05 bits per heavy atom. The molecule has 1 saturated heterocycles. The molecule has 4 heteroatoms. The van der Waals surface area contributed by atoms with Crippen molar-refractivity contribution in [2.75, 3.05) is 19.8 Å². The zero-order chi connectivity index (χ0) is 14.4. The quantitative estimate of drug-likeness (QED) is 0.761. The molecular formula is C16H29NO3. The minimum atomic E-state index is -0.204. The van der Waals surface area contributed by atoms with E-state index in [1.807, 2.05) is 4.90 Å². The molecule has 0 spiro atoms. The summed E-state index contributed by atoms with van der Waals surface area (Å²) in [5.74, 6) is 0.515. The van der Waals surface area contributed by atoms with Crippen molar-refractivity contribution in [3.05, 3.63) is 0 Å². The molecular weight excluding hydrogens is 254 g/mol. The summed E-state index contributed by atoms with van der Waals surface area (Å²) in [7, 11) is 0. The first kappa shape index (κ1) is 15.8. The number of rotatable bonds is 6. The van der Waals surface area contributed by atoms with Crippen molar-refractivity contribution >= 4 is 5.91 Å². The summed E-state index contributed by atoms with van der Waals surface area (Å²) in [6, 6.07) is 0.264. The number of hydrogen-bond acceptors (Lipinski definition) is 3. The van der Waals surface area contributed by atoms with Crippen LogP contribution in [0, 0.1) is 5.92 Å². The molecule has 1 heterocycles. The monoisotopic (exact) mass is 283 g/mol. The highest BCUT2D eigenvalue weighted by Crippen LogP contribution is 2.35. The van der Waals surface area contributed by atoms with E-state index in [1.54, 1.807) is 0 Å². The van der Waals surface area contributed by atoms with E-state index < -0.39 is 0 Å². The van der Waals surface area contributed by atoms with E-state index in [2.05, 4.69) is 6.92 Å². The molecule has 1 saturated carbocycles. The molecule has 0 radical (unpaired) electrons. The highest BCUT2D eigenvalue weighted by molar-refractivity contribution is 5.76. The summed E-state index contributed by atoms with van der Waals surface area (Å²) in [5.41, 5.74) is 0. The van der Waals surface area contributed by atoms with Gasteiger partial charge in [0.05, 0.1) is 19.1 Å². The fourth-order valence-corrected chi connectivity index (χ4v) is 3.68. The molecule has 1 N–H and O–H groups in total. The standard InChI is InChI=1S/C16H29NO3/c1-2-11-20-12-9-16(19)17-10-4-3-7-14(17)13-6-5-8-15(13)18/h13-15,18H,2-12H2,1H3. The molecule has 3 unspecified atom stereocenters. The van der Waals surface area contributed by atoms with E-state index in [-0.39, 0.29) is 18.1 Å². The molecule has 1 aliphatic heterocycles. The van der Waals surface area contributed by atoms with Crippen LogP contribution < -0.4 is 0 Å². The number of piperidine rings is 1. The van der Waals surface area contributed by atoms with Crippen LogP contribution in [0.5, 0.6) is 0 Å². The van der Waals surface area contributed by atoms with Crippen LogP contribution in [0.25, 0.3) is 0 Å². The van der Waals surface area contributed by atoms with Gasteiger partial charge in [-0.05, 0) is 38.5 Å². The lowest BCUT2D eigenvalue weighted by Crippen LogP contribution is -2.49. The third-order valence-corrected chi connectivity index (χ3v) is 4.70. The summed E-state index contributed by atoms with van der Waals surface area (Å²) < 4.78 is 5.43. The third-order valence-electron chi connectivity index (χ3n) is 4.70. The Morgan fingerprint density at radius 1 is 1.20 bits per heavy atom. The minimum Gasteiger partial charge on any atom is -0.393 e. The first-order valence-corrected chi connectivity index (χ1v) is 8.29. The average Bonchev–Trinajstić information content (AvgIpc) is 2.89. The van der Waals surface area contributed by atoms with Crippen molar-refractivity contribution in [1.82, 2.24) is 4.90 Å². The smallest absolute Gasteiger partial charge is 0.225 e. The van der Waals surface area contributed by atoms with Crippen LogP contribution in [0.4, 0.5) is 0 Å². The Kier molecular flexibility index (Phi) is 6.30. The van der Waals surface area contributed by atoms with Gasteiger partial charge in [-0.1, -0.05) is 13.3 Å². The number of ether oxygens (including phenoxy) is 1. The van der Waals surface area contributed by atoms with Gasteiger partial charge in [-0.25, -0.2) is 0 Å². The summed E-state index contributed by atoms with van der Waals surface area (Å²) in [6.07, 6.45) is 7.70. The van der Waals surface area contributed by atoms with E-state index in [0.29, 0.717) is 18.9 Å². The lowest BCUT2D eigenvalue weighted by atomic mass is 9.87. The number of carbonyl (C=O) groups is 1. The molecule has 2 rings (SSSR count). The molecule has 2 aliphatic rings. The fraction of sp³-hybridized carbons (Fsp3) is 0.938. The van der Waals surface area contributed by atoms with E-state index in [4.69, 9.17) is 4.74 Å². The Balaban J connectivity index is 1.87. The zero-order valence-corrected chi connectivity index (χ0v) is 12.7. The number of amides is 1. The van der Waals surface area contributed by atoms with Gasteiger partial charge in [-0.2, -0.15) is 0 Å². The van der Waals surface area contributed by atoms with Crippen molar-refractivity contribution in [3.8, 4) is 0 Å². The third kappa shape index (κ3) is 3.95. The number of aliphatic hydroxyl groups excluding tert-OH is 1. The largest absolute Gasteiger partial charge is 0.393 e. The maximum absolute atomic E-state index is 12.4. The Hall–Kier alpha value is -0.610. The van der Waals surface area contributed by atoms with Crippen molar-refractivity contribution in [2.24, 2.45) is 5.92 Å². The molecule has 0 aromatic carbocycles. The molecule has 116 valence electrons. The van der Waals surface area contributed by atoms with Crippen LogP contribution in [0.15, 0.2) is 0 Å². The van der Waals surface area contributed by atoms with Crippen LogP contribution >= 0.6 is 0 Å². The highest BCUT2D eigenvalue weighted by atomic mass is 16.5. The van der Waals surface area contributed by atoms with Crippen LogP contribution in [0.2, 0.25) is 0 Å². The number of hydrogen-bond donors (Lipinski definition) is 1. The van der Waals surface area contributed by atoms with Crippen molar-refractivity contribution in [1.29, 1.82) is 0 Å². The Labute approximate surface area is 122 Å². The van der Waals surface area contributed by atoms with Gasteiger partial charge < -0.3 is 14.7 Å². The number of carbonyl (C=O) groups excluding carboxylic acids is 1. The Bertz CT molecular complexity index is 308. The van der Waals surface area contributed by atoms with Gasteiger partial charge in [0.25, 0.3) is 0 Å². The molecule has 2 fully saturated rings. The zero-order valence-electron chi connectivity index (χ0n) is 12.7. The fourth-order valence-electron chi connectivity index (χ4n) is 3.68. The average molecular weight is 283 g/mol. The first-order chi connectivity index (χ1) is 9.74. The van der Waals surface area contributed by atoms with Gasteiger partial charge >= 0.3 is 0 Å². The number of nitrogens with zero attached hydrogens (tertiary/aromatic N) is 1. The van der Waals surface area contributed by atoms with Crippen LogP contribution in [0.1, 0.15) is 58.3 Å². The molecule has 20 heavy (non-hydrogen) atoms. The lowest BCUT2D eigenvalue weighted by molar-refractivity contribution is -0.138. The maximum Gasteiger partial charge on any atom is 0.225 e. The molecule has 1 amide bonds. The van der Waals surface area contributed by atoms with Crippen LogP contribution in [-0.2, 0) is 9.53 Å². The summed E-state index contributed by atoms with van der Waals surface area (Å²) in [6.45, 7) is 4.20. The van der Waals surface area contributed by atoms with Crippen LogP contribution in [0.3, 0.4) is 0 Å². The van der Waals surface area contributed by atoms with Gasteiger partial charge in [0.15, 0.2) is 0 Å². The molecule has 4 nitrogen and oxygen atoms in total. The van der Waals surface area contributed by atoms with E-state index >= 15 is 0 Å². The van der Waals surface area contributed by atoms with E-state index in [9.17, 15) is 9.90 Å². The van der Waals surface area contributed by atoms with Crippen molar-refractivity contribution in [3.63, 3.8) is 0 Å². The summed E-state index contributed by atoms with van der Waals surface area (Å²) >= 11 is 0. The van der Waals surface area contributed by atoms with E-state index in [0.717, 1.165) is 51.7 Å². The summed E-state index contributed by atoms with van der Waals surface area (Å²) in [5, 5.41) is 10.1. The van der Waals surface area contributed by atoms with Gasteiger partial charge in [0.1, 0.15) is 0 Å². The number of likely N-dealkylation sites (tertiary alicyclic amines) is 1. The normalized spacial score (nSPS) is 30.7. The second kappa shape index (κ2) is 7.99. The second-order valence-electron chi connectivity index (χ2n) is 6.17. The van der Waals surface area contributed by atoms with Crippen molar-refractivity contribution < 1.29 is 14.6 Å². The topological polar surface area (TPSA) is 49.8 Å². The predicted octanol–water partition coefficient (Wildman–Crippen LogP) is 2.35. The minimum absolute atomic E-state index is 0.204. The van der Waals surface area contributed by atoms with E-state index in [1.165, 1.54) is 6.42 Å². The molecule has 0 aromatic rings. The van der Waals surface area contributed by atoms with Gasteiger partial charge in [0.2, 0.25) is 5.91 Å². The second-order valence-corrected chi connectivity index (χ2v) is 6.17. The molecule has 0 aromatic heterocycles. The highest BCUT2D eigenvalue weighted by Gasteiger charge is 2.38. The first-order valence-electron chi connectivity index (χ1n) is 8.29. The maximum atomic E-state index is 12.4. The van der Waals surface area contributed by atoms with Gasteiger partial charge in [-0.15, -0.1) is 0 Å². The lowest BCUT2D eigenvalue weighted by Gasteiger charge is -2.40.